The van der Waals surface area contributed by atoms with Crippen molar-refractivity contribution in [3.8, 4) is 0 Å². The summed E-state index contributed by atoms with van der Waals surface area (Å²) in [6, 6.07) is 0. The summed E-state index contributed by atoms with van der Waals surface area (Å²) in [6.45, 7) is 16.8. The van der Waals surface area contributed by atoms with E-state index in [4.69, 9.17) is 15.0 Å². The molecule has 0 spiro atoms. The van der Waals surface area contributed by atoms with Gasteiger partial charge in [-0.05, 0) is 110 Å². The molecule has 0 fully saturated rings. The second-order valence-corrected chi connectivity index (χ2v) is 10.6. The van der Waals surface area contributed by atoms with Crippen molar-refractivity contribution in [2.45, 2.75) is 81.1 Å². The minimum Gasteiger partial charge on any atom is -0.515 e. The Labute approximate surface area is 236 Å². The number of nitrogens with zero attached hydrogens (tertiary/aromatic N) is 3. The molecule has 4 aliphatic heterocycles. The van der Waals surface area contributed by atoms with Crippen molar-refractivity contribution in [1.29, 1.82) is 0 Å². The van der Waals surface area contributed by atoms with Crippen LogP contribution in [0.4, 0.5) is 0 Å². The van der Waals surface area contributed by atoms with Crippen molar-refractivity contribution in [3.63, 3.8) is 0 Å². The molecule has 0 saturated heterocycles. The lowest BCUT2D eigenvalue weighted by molar-refractivity contribution is -0.103. The van der Waals surface area contributed by atoms with E-state index < -0.39 is 0 Å². The first-order valence-electron chi connectivity index (χ1n) is 14.3. The SMILES string of the molecule is CCC1=C(C)C2=NC1=CC1=NC(=C(C=O)c3[nH]c(c(CC)c3C)C=C3N=C(C(CC)=C3C)/C2=C/O)C(CC)=C1C. The number of aliphatic hydroxyl groups excluding tert-OH is 1. The van der Waals surface area contributed by atoms with E-state index in [1.807, 2.05) is 6.08 Å². The maximum Gasteiger partial charge on any atom is 0.154 e. The number of H-pyrrole nitrogens is 1. The largest absolute Gasteiger partial charge is 0.515 e. The van der Waals surface area contributed by atoms with Crippen LogP contribution in [-0.2, 0) is 11.2 Å². The van der Waals surface area contributed by atoms with Crippen LogP contribution in [0.3, 0.4) is 0 Å². The molecule has 0 aliphatic carbocycles. The second kappa shape index (κ2) is 10.5. The smallest absolute Gasteiger partial charge is 0.154 e. The highest BCUT2D eigenvalue weighted by molar-refractivity contribution is 6.36. The van der Waals surface area contributed by atoms with Crippen LogP contribution in [0.15, 0.2) is 83.4 Å². The van der Waals surface area contributed by atoms with E-state index in [0.717, 1.165) is 128 Å². The maximum atomic E-state index is 12.7. The van der Waals surface area contributed by atoms with Gasteiger partial charge in [0, 0.05) is 5.69 Å². The van der Waals surface area contributed by atoms with E-state index in [2.05, 4.69) is 66.4 Å². The third-order valence-corrected chi connectivity index (χ3v) is 8.72. The summed E-state index contributed by atoms with van der Waals surface area (Å²) in [5, 5.41) is 10.6. The van der Waals surface area contributed by atoms with Gasteiger partial charge in [0.1, 0.15) is 0 Å². The van der Waals surface area contributed by atoms with Crippen molar-refractivity contribution < 1.29 is 9.90 Å². The summed E-state index contributed by atoms with van der Waals surface area (Å²) >= 11 is 0. The van der Waals surface area contributed by atoms with E-state index in [1.165, 1.54) is 0 Å². The van der Waals surface area contributed by atoms with Crippen molar-refractivity contribution in [2.24, 2.45) is 15.0 Å². The number of allylic oxidation sites excluding steroid dienone is 9. The molecular weight excluding hydrogens is 496 g/mol. The number of fused-ring (bicyclic) bond motifs is 5. The predicted molar refractivity (Wildman–Crippen MR) is 166 cm³/mol. The van der Waals surface area contributed by atoms with Crippen LogP contribution in [-0.4, -0.2) is 33.5 Å². The summed E-state index contributed by atoms with van der Waals surface area (Å²) in [5.41, 5.74) is 16.3. The van der Waals surface area contributed by atoms with E-state index in [1.54, 1.807) is 0 Å². The van der Waals surface area contributed by atoms with Gasteiger partial charge >= 0.3 is 0 Å². The van der Waals surface area contributed by atoms with Crippen molar-refractivity contribution in [2.75, 3.05) is 0 Å². The number of aromatic nitrogens is 1. The molecule has 4 aliphatic rings. The summed E-state index contributed by atoms with van der Waals surface area (Å²) < 4.78 is 0. The summed E-state index contributed by atoms with van der Waals surface area (Å²) in [7, 11) is 0. The van der Waals surface area contributed by atoms with Gasteiger partial charge in [-0.25, -0.2) is 15.0 Å². The molecule has 2 N–H and O–H groups in total. The lowest BCUT2D eigenvalue weighted by Crippen LogP contribution is -2.14. The fraction of sp³-hybridized carbons (Fsp3) is 0.353. The highest BCUT2D eigenvalue weighted by Gasteiger charge is 2.32. The first-order chi connectivity index (χ1) is 19.2. The minimum atomic E-state index is 0.578. The number of hydrogen-bond acceptors (Lipinski definition) is 5. The fourth-order valence-electron chi connectivity index (χ4n) is 6.47. The van der Waals surface area contributed by atoms with Crippen LogP contribution in [0.5, 0.6) is 0 Å². The van der Waals surface area contributed by atoms with Gasteiger partial charge in [-0.15, -0.1) is 0 Å². The highest BCUT2D eigenvalue weighted by Crippen LogP contribution is 2.40. The number of rotatable bonds is 5. The Hall–Kier alpha value is -4.06. The zero-order valence-corrected chi connectivity index (χ0v) is 24.8. The Bertz CT molecular complexity index is 1670. The zero-order valence-electron chi connectivity index (χ0n) is 24.8. The quantitative estimate of drug-likeness (QED) is 0.296. The van der Waals surface area contributed by atoms with Gasteiger partial charge in [0.05, 0.1) is 57.3 Å². The number of carbonyl (C=O) groups is 1. The summed E-state index contributed by atoms with van der Waals surface area (Å²) in [6.07, 6.45) is 9.34. The normalized spacial score (nSPS) is 20.0. The molecule has 40 heavy (non-hydrogen) atoms. The summed E-state index contributed by atoms with van der Waals surface area (Å²) in [4.78, 5) is 31.5. The molecule has 5 rings (SSSR count). The Morgan fingerprint density at radius 2 is 1.45 bits per heavy atom. The Morgan fingerprint density at radius 3 is 2.05 bits per heavy atom. The van der Waals surface area contributed by atoms with E-state index in [0.29, 0.717) is 11.1 Å². The van der Waals surface area contributed by atoms with Crippen LogP contribution in [0.25, 0.3) is 11.6 Å². The summed E-state index contributed by atoms with van der Waals surface area (Å²) in [5.74, 6) is 0. The monoisotopic (exact) mass is 534 g/mol. The van der Waals surface area contributed by atoms with Crippen LogP contribution in [0.1, 0.15) is 90.2 Å². The van der Waals surface area contributed by atoms with Gasteiger partial charge in [-0.2, -0.15) is 0 Å². The van der Waals surface area contributed by atoms with Gasteiger partial charge in [-0.1, -0.05) is 27.7 Å². The molecule has 206 valence electrons. The number of hydrogen-bond donors (Lipinski definition) is 2. The molecule has 8 bridgehead atoms. The topological polar surface area (TPSA) is 90.2 Å². The number of aliphatic hydroxyl groups is 1. The lowest BCUT2D eigenvalue weighted by Gasteiger charge is -2.10. The minimum absolute atomic E-state index is 0.578. The van der Waals surface area contributed by atoms with Crippen LogP contribution < -0.4 is 0 Å². The maximum absolute atomic E-state index is 12.7. The first-order valence-corrected chi connectivity index (χ1v) is 14.3. The Kier molecular flexibility index (Phi) is 7.21. The molecule has 0 saturated carbocycles. The molecule has 0 aromatic carbocycles. The van der Waals surface area contributed by atoms with Gasteiger partial charge in [0.2, 0.25) is 0 Å². The molecule has 6 heteroatoms. The van der Waals surface area contributed by atoms with Gasteiger partial charge < -0.3 is 10.1 Å². The fourth-order valence-corrected chi connectivity index (χ4v) is 6.47. The second-order valence-electron chi connectivity index (χ2n) is 10.6. The average molecular weight is 535 g/mol. The predicted octanol–water partition coefficient (Wildman–Crippen LogP) is 8.02. The number of aliphatic imine (C=N–C) groups is 3. The molecule has 1 aromatic rings. The third-order valence-electron chi connectivity index (χ3n) is 8.72. The van der Waals surface area contributed by atoms with Crippen molar-refractivity contribution >= 4 is 35.1 Å². The standard InChI is InChI=1S/C34H38N4O2/c1-9-21-19(7)31-25(15-39)33-24(12-4)18(6)28(36-33)14-30-22(10-2)20(8)32(38-30)26(16-40)34-23(11-3)17(5)27(35-34)13-29(21)37-31/h13-16,37,40H,9-12H2,1-8H3/b26-16+,27-13?,30-14?,33-25?. The molecule has 5 heterocycles. The Morgan fingerprint density at radius 1 is 0.775 bits per heavy atom. The van der Waals surface area contributed by atoms with Crippen LogP contribution in [0.2, 0.25) is 0 Å². The number of carbonyl (C=O) groups excluding carboxylic acids is 1. The van der Waals surface area contributed by atoms with E-state index >= 15 is 0 Å². The molecular formula is C34H38N4O2. The molecule has 0 unspecified atom stereocenters. The molecule has 0 amide bonds. The van der Waals surface area contributed by atoms with Crippen LogP contribution >= 0.6 is 0 Å². The van der Waals surface area contributed by atoms with Crippen molar-refractivity contribution in [1.82, 2.24) is 4.98 Å². The molecule has 0 atom stereocenters. The van der Waals surface area contributed by atoms with Gasteiger partial charge in [0.25, 0.3) is 0 Å². The third kappa shape index (κ3) is 4.00. The number of nitrogens with one attached hydrogen (secondary N) is 1. The van der Waals surface area contributed by atoms with E-state index in [9.17, 15) is 9.90 Å². The number of aldehydes is 1. The van der Waals surface area contributed by atoms with Gasteiger partial charge in [-0.3, -0.25) is 4.79 Å². The Balaban J connectivity index is 1.92. The molecule has 6 nitrogen and oxygen atoms in total. The first kappa shape index (κ1) is 27.5. The van der Waals surface area contributed by atoms with Gasteiger partial charge in [0.15, 0.2) is 6.29 Å². The average Bonchev–Trinajstić information content (AvgIpc) is 3.63. The number of aromatic amines is 1. The highest BCUT2D eigenvalue weighted by atomic mass is 16.2. The van der Waals surface area contributed by atoms with Crippen molar-refractivity contribution in [3.05, 3.63) is 91.0 Å². The lowest BCUT2D eigenvalue weighted by atomic mass is 9.92. The van der Waals surface area contributed by atoms with E-state index in [-0.39, 0.29) is 0 Å². The molecule has 1 aromatic heterocycles. The molecule has 0 radical (unpaired) electrons. The van der Waals surface area contributed by atoms with Crippen LogP contribution in [0, 0.1) is 6.92 Å². The zero-order chi connectivity index (χ0) is 28.9.